The fourth-order valence-electron chi connectivity index (χ4n) is 1.66. The summed E-state index contributed by atoms with van der Waals surface area (Å²) in [6, 6.07) is 3.14. The normalized spacial score (nSPS) is 24.0. The van der Waals surface area contributed by atoms with Gasteiger partial charge in [0.1, 0.15) is 0 Å². The van der Waals surface area contributed by atoms with E-state index in [9.17, 15) is 0 Å². The van der Waals surface area contributed by atoms with Crippen molar-refractivity contribution in [3.8, 4) is 0 Å². The van der Waals surface area contributed by atoms with Crippen LogP contribution < -0.4 is 5.32 Å². The SMILES string of the molecule is CC(NC1CCOC1)c1cc(Br)cs1. The molecule has 1 aliphatic heterocycles. The molecular formula is C10H14BrNOS. The maximum atomic E-state index is 5.33. The van der Waals surface area contributed by atoms with Crippen molar-refractivity contribution in [2.24, 2.45) is 0 Å². The van der Waals surface area contributed by atoms with Crippen LogP contribution in [0.2, 0.25) is 0 Å². The monoisotopic (exact) mass is 275 g/mol. The summed E-state index contributed by atoms with van der Waals surface area (Å²) in [5, 5.41) is 5.70. The summed E-state index contributed by atoms with van der Waals surface area (Å²) in [7, 11) is 0. The van der Waals surface area contributed by atoms with Gasteiger partial charge in [0.05, 0.1) is 6.61 Å². The van der Waals surface area contributed by atoms with E-state index in [0.717, 1.165) is 19.6 Å². The van der Waals surface area contributed by atoms with Crippen LogP contribution in [0.5, 0.6) is 0 Å². The van der Waals surface area contributed by atoms with Gasteiger partial charge in [-0.25, -0.2) is 0 Å². The molecule has 1 aromatic heterocycles. The summed E-state index contributed by atoms with van der Waals surface area (Å²) >= 11 is 5.26. The zero-order valence-corrected chi connectivity index (χ0v) is 10.5. The lowest BCUT2D eigenvalue weighted by Gasteiger charge is -2.16. The van der Waals surface area contributed by atoms with Gasteiger partial charge >= 0.3 is 0 Å². The van der Waals surface area contributed by atoms with E-state index in [1.54, 1.807) is 11.3 Å². The van der Waals surface area contributed by atoms with Crippen LogP contribution in [0.1, 0.15) is 24.3 Å². The van der Waals surface area contributed by atoms with Gasteiger partial charge in [-0.05, 0) is 35.3 Å². The van der Waals surface area contributed by atoms with E-state index in [1.165, 1.54) is 9.35 Å². The molecule has 1 fully saturated rings. The molecule has 0 saturated carbocycles. The van der Waals surface area contributed by atoms with Crippen LogP contribution >= 0.6 is 27.3 Å². The number of ether oxygens (including phenoxy) is 1. The predicted octanol–water partition coefficient (Wildman–Crippen LogP) is 2.95. The minimum absolute atomic E-state index is 0.429. The molecule has 1 saturated heterocycles. The van der Waals surface area contributed by atoms with E-state index in [-0.39, 0.29) is 0 Å². The lowest BCUT2D eigenvalue weighted by Crippen LogP contribution is -2.31. The van der Waals surface area contributed by atoms with Crippen molar-refractivity contribution in [1.82, 2.24) is 5.32 Å². The summed E-state index contributed by atoms with van der Waals surface area (Å²) in [6.07, 6.45) is 1.14. The van der Waals surface area contributed by atoms with Crippen LogP contribution in [0.4, 0.5) is 0 Å². The minimum atomic E-state index is 0.429. The van der Waals surface area contributed by atoms with Gasteiger partial charge in [0, 0.05) is 33.4 Å². The van der Waals surface area contributed by atoms with E-state index in [1.807, 2.05) is 0 Å². The molecule has 0 amide bonds. The first-order valence-corrected chi connectivity index (χ1v) is 6.50. The average Bonchev–Trinajstić information content (AvgIpc) is 2.75. The number of nitrogens with one attached hydrogen (secondary N) is 1. The molecule has 0 radical (unpaired) electrons. The van der Waals surface area contributed by atoms with E-state index in [2.05, 4.69) is 39.6 Å². The first-order valence-electron chi connectivity index (χ1n) is 4.83. The molecule has 1 N–H and O–H groups in total. The summed E-state index contributed by atoms with van der Waals surface area (Å²) in [5.74, 6) is 0. The third-order valence-electron chi connectivity index (χ3n) is 2.43. The molecular weight excluding hydrogens is 262 g/mol. The zero-order chi connectivity index (χ0) is 9.97. The number of hydrogen-bond acceptors (Lipinski definition) is 3. The van der Waals surface area contributed by atoms with Crippen LogP contribution in [-0.2, 0) is 4.74 Å². The first kappa shape index (κ1) is 10.6. The Morgan fingerprint density at radius 2 is 2.57 bits per heavy atom. The minimum Gasteiger partial charge on any atom is -0.380 e. The Morgan fingerprint density at radius 3 is 3.14 bits per heavy atom. The van der Waals surface area contributed by atoms with E-state index < -0.39 is 0 Å². The molecule has 2 nitrogen and oxygen atoms in total. The number of halogens is 1. The quantitative estimate of drug-likeness (QED) is 0.916. The Hall–Kier alpha value is 0.1000. The molecule has 0 spiro atoms. The zero-order valence-electron chi connectivity index (χ0n) is 8.13. The Labute approximate surface area is 96.8 Å². The third-order valence-corrected chi connectivity index (χ3v) is 4.31. The fourth-order valence-corrected chi connectivity index (χ4v) is 3.12. The van der Waals surface area contributed by atoms with Gasteiger partial charge in [-0.3, -0.25) is 0 Å². The van der Waals surface area contributed by atoms with Crippen molar-refractivity contribution < 1.29 is 4.74 Å². The van der Waals surface area contributed by atoms with Crippen LogP contribution in [0.15, 0.2) is 15.9 Å². The van der Waals surface area contributed by atoms with Gasteiger partial charge in [-0.2, -0.15) is 0 Å². The highest BCUT2D eigenvalue weighted by molar-refractivity contribution is 9.10. The molecule has 0 aromatic carbocycles. The molecule has 0 aliphatic carbocycles. The number of rotatable bonds is 3. The molecule has 14 heavy (non-hydrogen) atoms. The van der Waals surface area contributed by atoms with Crippen molar-refractivity contribution in [2.45, 2.75) is 25.4 Å². The molecule has 0 bridgehead atoms. The highest BCUT2D eigenvalue weighted by atomic mass is 79.9. The van der Waals surface area contributed by atoms with Gasteiger partial charge < -0.3 is 10.1 Å². The third kappa shape index (κ3) is 2.57. The van der Waals surface area contributed by atoms with Gasteiger partial charge in [0.2, 0.25) is 0 Å². The van der Waals surface area contributed by atoms with Gasteiger partial charge in [-0.15, -0.1) is 11.3 Å². The van der Waals surface area contributed by atoms with Crippen molar-refractivity contribution in [3.05, 3.63) is 20.8 Å². The summed E-state index contributed by atoms with van der Waals surface area (Å²) in [4.78, 5) is 1.38. The topological polar surface area (TPSA) is 21.3 Å². The van der Waals surface area contributed by atoms with Gasteiger partial charge in [0.15, 0.2) is 0 Å². The molecule has 4 heteroatoms. The van der Waals surface area contributed by atoms with Gasteiger partial charge in [0.25, 0.3) is 0 Å². The molecule has 2 rings (SSSR count). The second-order valence-corrected chi connectivity index (χ2v) is 5.47. The van der Waals surface area contributed by atoms with Crippen LogP contribution in [0.25, 0.3) is 0 Å². The van der Waals surface area contributed by atoms with E-state index in [0.29, 0.717) is 12.1 Å². The maximum Gasteiger partial charge on any atom is 0.0620 e. The lowest BCUT2D eigenvalue weighted by atomic mass is 10.2. The fraction of sp³-hybridized carbons (Fsp3) is 0.600. The number of thiophene rings is 1. The van der Waals surface area contributed by atoms with Crippen LogP contribution in [-0.4, -0.2) is 19.3 Å². The van der Waals surface area contributed by atoms with Crippen molar-refractivity contribution in [2.75, 3.05) is 13.2 Å². The molecule has 78 valence electrons. The Kier molecular flexibility index (Phi) is 3.60. The van der Waals surface area contributed by atoms with Crippen molar-refractivity contribution in [1.29, 1.82) is 0 Å². The second kappa shape index (κ2) is 4.75. The number of hydrogen-bond donors (Lipinski definition) is 1. The average molecular weight is 276 g/mol. The molecule has 2 atom stereocenters. The largest absolute Gasteiger partial charge is 0.380 e. The van der Waals surface area contributed by atoms with Crippen molar-refractivity contribution in [3.63, 3.8) is 0 Å². The van der Waals surface area contributed by atoms with Crippen LogP contribution in [0, 0.1) is 0 Å². The van der Waals surface area contributed by atoms with E-state index >= 15 is 0 Å². The molecule has 1 aromatic rings. The van der Waals surface area contributed by atoms with Gasteiger partial charge in [-0.1, -0.05) is 0 Å². The second-order valence-electron chi connectivity index (χ2n) is 3.62. The Balaban J connectivity index is 1.91. The molecule has 1 aliphatic rings. The predicted molar refractivity (Wildman–Crippen MR) is 62.8 cm³/mol. The smallest absolute Gasteiger partial charge is 0.0620 e. The summed E-state index contributed by atoms with van der Waals surface area (Å²) < 4.78 is 6.51. The maximum absolute atomic E-state index is 5.33. The highest BCUT2D eigenvalue weighted by Crippen LogP contribution is 2.26. The Bertz CT molecular complexity index is 296. The molecule has 2 heterocycles. The first-order chi connectivity index (χ1) is 6.75. The standard InChI is InChI=1S/C10H14BrNOS/c1-7(10-4-8(11)6-14-10)12-9-2-3-13-5-9/h4,6-7,9,12H,2-3,5H2,1H3. The van der Waals surface area contributed by atoms with E-state index in [4.69, 9.17) is 4.74 Å². The lowest BCUT2D eigenvalue weighted by molar-refractivity contribution is 0.188. The Morgan fingerprint density at radius 1 is 1.71 bits per heavy atom. The summed E-state index contributed by atoms with van der Waals surface area (Å²) in [6.45, 7) is 3.96. The van der Waals surface area contributed by atoms with Crippen LogP contribution in [0.3, 0.4) is 0 Å². The summed E-state index contributed by atoms with van der Waals surface area (Å²) in [5.41, 5.74) is 0. The highest BCUT2D eigenvalue weighted by Gasteiger charge is 2.18. The molecule has 2 unspecified atom stereocenters. The van der Waals surface area contributed by atoms with Crippen molar-refractivity contribution >= 4 is 27.3 Å².